The lowest BCUT2D eigenvalue weighted by atomic mass is 9.98. The summed E-state index contributed by atoms with van der Waals surface area (Å²) in [6.07, 6.45) is 0.978. The third kappa shape index (κ3) is 2.27. The number of nitrogen functional groups attached to an aromatic ring is 1. The number of para-hydroxylation sites is 1. The second-order valence-corrected chi connectivity index (χ2v) is 6.15. The van der Waals surface area contributed by atoms with Crippen molar-refractivity contribution < 1.29 is 9.53 Å². The van der Waals surface area contributed by atoms with Gasteiger partial charge in [0.05, 0.1) is 30.1 Å². The van der Waals surface area contributed by atoms with Gasteiger partial charge in [0.2, 0.25) is 0 Å². The molecule has 21 heavy (non-hydrogen) atoms. The number of hydrogen-bond acceptors (Lipinski definition) is 5. The first-order valence-electron chi connectivity index (χ1n) is 6.93. The van der Waals surface area contributed by atoms with Crippen molar-refractivity contribution in [2.24, 2.45) is 0 Å². The van der Waals surface area contributed by atoms with E-state index in [1.165, 1.54) is 17.6 Å². The fraction of sp³-hybridized carbons (Fsp3) is 0.312. The first-order chi connectivity index (χ1) is 10.1. The topological polar surface area (TPSA) is 55.6 Å². The molecule has 0 bridgehead atoms. The van der Waals surface area contributed by atoms with Crippen LogP contribution in [0.4, 0.5) is 11.4 Å². The number of benzene rings is 1. The summed E-state index contributed by atoms with van der Waals surface area (Å²) >= 11 is 1.80. The first-order valence-corrected chi connectivity index (χ1v) is 7.81. The van der Waals surface area contributed by atoms with Gasteiger partial charge in [0.15, 0.2) is 0 Å². The molecule has 1 unspecified atom stereocenters. The Morgan fingerprint density at radius 1 is 1.43 bits per heavy atom. The number of carbonyl (C=O) groups is 1. The van der Waals surface area contributed by atoms with Crippen molar-refractivity contribution in [1.82, 2.24) is 0 Å². The molecule has 5 heteroatoms. The van der Waals surface area contributed by atoms with Crippen molar-refractivity contribution in [3.63, 3.8) is 0 Å². The van der Waals surface area contributed by atoms with Gasteiger partial charge in [0, 0.05) is 11.4 Å². The molecule has 110 valence electrons. The van der Waals surface area contributed by atoms with Crippen LogP contribution in [0.1, 0.15) is 33.8 Å². The van der Waals surface area contributed by atoms with Gasteiger partial charge in [-0.15, -0.1) is 11.3 Å². The summed E-state index contributed by atoms with van der Waals surface area (Å²) in [4.78, 5) is 15.7. The molecule has 0 aliphatic carbocycles. The summed E-state index contributed by atoms with van der Waals surface area (Å²) in [5.74, 6) is -0.347. The molecule has 0 spiro atoms. The zero-order valence-corrected chi connectivity index (χ0v) is 12.9. The molecule has 4 nitrogen and oxygen atoms in total. The van der Waals surface area contributed by atoms with Crippen molar-refractivity contribution in [2.45, 2.75) is 19.4 Å². The van der Waals surface area contributed by atoms with Gasteiger partial charge < -0.3 is 15.4 Å². The Kier molecular flexibility index (Phi) is 3.59. The van der Waals surface area contributed by atoms with Crippen LogP contribution in [0.2, 0.25) is 0 Å². The number of hydrogen-bond donors (Lipinski definition) is 1. The molecule has 1 aromatic heterocycles. The lowest BCUT2D eigenvalue weighted by molar-refractivity contribution is 0.0601. The second kappa shape index (κ2) is 5.41. The van der Waals surface area contributed by atoms with Crippen LogP contribution in [0.15, 0.2) is 29.6 Å². The van der Waals surface area contributed by atoms with Crippen molar-refractivity contribution in [2.75, 3.05) is 24.3 Å². The third-order valence-corrected chi connectivity index (χ3v) is 5.03. The average molecular weight is 302 g/mol. The number of thiophene rings is 1. The minimum absolute atomic E-state index is 0.202. The maximum Gasteiger partial charge on any atom is 0.340 e. The van der Waals surface area contributed by atoms with E-state index in [4.69, 9.17) is 10.5 Å². The van der Waals surface area contributed by atoms with Crippen LogP contribution in [-0.2, 0) is 11.2 Å². The number of nitrogens with zero attached hydrogens (tertiary/aromatic N) is 1. The normalized spacial score (nSPS) is 17.4. The number of fused-ring (bicyclic) bond motifs is 1. The Morgan fingerprint density at radius 2 is 2.24 bits per heavy atom. The standard InChI is InChI=1S/C16H18N2O2S/c1-10-11-7-9-21-14(11)6-8-18(10)15-12(16(19)20-2)4-3-5-13(15)17/h3-5,7,9-10H,6,8,17H2,1-2H3. The molecule has 0 saturated heterocycles. The largest absolute Gasteiger partial charge is 0.465 e. The van der Waals surface area contributed by atoms with Crippen LogP contribution in [0.25, 0.3) is 0 Å². The summed E-state index contributed by atoms with van der Waals surface area (Å²) in [5.41, 5.74) is 9.41. The van der Waals surface area contributed by atoms with Crippen LogP contribution in [0.5, 0.6) is 0 Å². The molecule has 0 saturated carbocycles. The van der Waals surface area contributed by atoms with E-state index in [1.807, 2.05) is 6.07 Å². The molecule has 2 aromatic rings. The SMILES string of the molecule is COC(=O)c1cccc(N)c1N1CCc2sccc2C1C. The summed E-state index contributed by atoms with van der Waals surface area (Å²) < 4.78 is 4.89. The molecule has 2 N–H and O–H groups in total. The Labute approximate surface area is 128 Å². The van der Waals surface area contributed by atoms with Gasteiger partial charge >= 0.3 is 5.97 Å². The highest BCUT2D eigenvalue weighted by atomic mass is 32.1. The van der Waals surface area contributed by atoms with Gasteiger partial charge in [-0.2, -0.15) is 0 Å². The number of esters is 1. The summed E-state index contributed by atoms with van der Waals surface area (Å²) in [5, 5.41) is 2.13. The zero-order valence-electron chi connectivity index (χ0n) is 12.1. The number of ether oxygens (including phenoxy) is 1. The van der Waals surface area contributed by atoms with Gasteiger partial charge in [-0.25, -0.2) is 4.79 Å². The lowest BCUT2D eigenvalue weighted by Gasteiger charge is -2.37. The van der Waals surface area contributed by atoms with Gasteiger partial charge in [-0.05, 0) is 42.5 Å². The van der Waals surface area contributed by atoms with Crippen molar-refractivity contribution >= 4 is 28.7 Å². The van der Waals surface area contributed by atoms with Gasteiger partial charge in [0.25, 0.3) is 0 Å². The van der Waals surface area contributed by atoms with Crippen LogP contribution >= 0.6 is 11.3 Å². The molecular formula is C16H18N2O2S. The van der Waals surface area contributed by atoms with Crippen molar-refractivity contribution in [3.05, 3.63) is 45.6 Å². The second-order valence-electron chi connectivity index (χ2n) is 5.15. The van der Waals surface area contributed by atoms with E-state index in [-0.39, 0.29) is 12.0 Å². The Morgan fingerprint density at radius 3 is 3.00 bits per heavy atom. The monoisotopic (exact) mass is 302 g/mol. The van der Waals surface area contributed by atoms with E-state index >= 15 is 0 Å². The Bertz CT molecular complexity index is 681. The fourth-order valence-electron chi connectivity index (χ4n) is 2.97. The maximum absolute atomic E-state index is 12.0. The zero-order chi connectivity index (χ0) is 15.0. The van der Waals surface area contributed by atoms with E-state index in [9.17, 15) is 4.79 Å². The average Bonchev–Trinajstić information content (AvgIpc) is 2.97. The van der Waals surface area contributed by atoms with E-state index in [0.29, 0.717) is 11.3 Å². The third-order valence-electron chi connectivity index (χ3n) is 4.04. The smallest absolute Gasteiger partial charge is 0.340 e. The van der Waals surface area contributed by atoms with E-state index < -0.39 is 0 Å². The highest BCUT2D eigenvalue weighted by molar-refractivity contribution is 7.10. The number of rotatable bonds is 2. The fourth-order valence-corrected chi connectivity index (χ4v) is 3.93. The molecule has 1 aliphatic heterocycles. The molecule has 2 heterocycles. The van der Waals surface area contributed by atoms with E-state index in [1.54, 1.807) is 23.5 Å². The van der Waals surface area contributed by atoms with Crippen molar-refractivity contribution in [1.29, 1.82) is 0 Å². The number of carbonyl (C=O) groups excluding carboxylic acids is 1. The minimum Gasteiger partial charge on any atom is -0.465 e. The van der Waals surface area contributed by atoms with Gasteiger partial charge in [-0.3, -0.25) is 0 Å². The molecule has 1 aliphatic rings. The minimum atomic E-state index is -0.347. The molecular weight excluding hydrogens is 284 g/mol. The molecule has 0 fully saturated rings. The molecule has 3 rings (SSSR count). The number of methoxy groups -OCH3 is 1. The molecule has 1 atom stereocenters. The summed E-state index contributed by atoms with van der Waals surface area (Å²) in [6, 6.07) is 7.75. The Hall–Kier alpha value is -2.01. The first kappa shape index (κ1) is 13.9. The predicted molar refractivity (Wildman–Crippen MR) is 86.0 cm³/mol. The predicted octanol–water partition coefficient (Wildman–Crippen LogP) is 3.24. The number of nitrogens with two attached hydrogens (primary N) is 1. The summed E-state index contributed by atoms with van der Waals surface area (Å²) in [7, 11) is 1.39. The highest BCUT2D eigenvalue weighted by Crippen LogP contribution is 2.40. The molecule has 0 radical (unpaired) electrons. The van der Waals surface area contributed by atoms with Crippen LogP contribution in [0, 0.1) is 0 Å². The lowest BCUT2D eigenvalue weighted by Crippen LogP contribution is -2.34. The van der Waals surface area contributed by atoms with Gasteiger partial charge in [0.1, 0.15) is 0 Å². The maximum atomic E-state index is 12.0. The quantitative estimate of drug-likeness (QED) is 0.683. The number of anilines is 2. The van der Waals surface area contributed by atoms with Crippen LogP contribution < -0.4 is 10.6 Å². The molecule has 1 aromatic carbocycles. The molecule has 0 amide bonds. The van der Waals surface area contributed by atoms with E-state index in [0.717, 1.165) is 18.7 Å². The Balaban J connectivity index is 2.07. The van der Waals surface area contributed by atoms with E-state index in [2.05, 4.69) is 23.3 Å². The van der Waals surface area contributed by atoms with Crippen LogP contribution in [-0.4, -0.2) is 19.6 Å². The van der Waals surface area contributed by atoms with Crippen molar-refractivity contribution in [3.8, 4) is 0 Å². The van der Waals surface area contributed by atoms with Gasteiger partial charge in [-0.1, -0.05) is 6.07 Å². The van der Waals surface area contributed by atoms with Crippen LogP contribution in [0.3, 0.4) is 0 Å². The highest BCUT2D eigenvalue weighted by Gasteiger charge is 2.29. The summed E-state index contributed by atoms with van der Waals surface area (Å²) in [6.45, 7) is 3.01.